The first-order valence-corrected chi connectivity index (χ1v) is 4.92. The maximum Gasteiger partial charge on any atom is 0.138 e. The van der Waals surface area contributed by atoms with E-state index in [-0.39, 0.29) is 11.7 Å². The highest BCUT2D eigenvalue weighted by Gasteiger charge is 2.21. The number of carbonyl (C=O) groups excluding carboxylic acids is 1. The van der Waals surface area contributed by atoms with Crippen molar-refractivity contribution in [3.05, 3.63) is 35.9 Å². The standard InChI is InChI=1S/C12H16O2/c1-3-11(13)9(2)12(14)10-7-5-4-6-8-10/h4-9,12,14H,3H2,1-2H3/t9-,12+/m0/s1. The molecule has 1 rings (SSSR count). The van der Waals surface area contributed by atoms with Gasteiger partial charge < -0.3 is 5.11 Å². The number of aliphatic hydroxyl groups excluding tert-OH is 1. The van der Waals surface area contributed by atoms with Gasteiger partial charge in [0.2, 0.25) is 0 Å². The first-order chi connectivity index (χ1) is 6.66. The topological polar surface area (TPSA) is 37.3 Å². The molecule has 0 aliphatic heterocycles. The van der Waals surface area contributed by atoms with Gasteiger partial charge >= 0.3 is 0 Å². The molecule has 1 aromatic rings. The molecule has 0 spiro atoms. The Morgan fingerprint density at radius 2 is 1.93 bits per heavy atom. The summed E-state index contributed by atoms with van der Waals surface area (Å²) < 4.78 is 0. The Bertz CT molecular complexity index is 292. The molecule has 2 nitrogen and oxygen atoms in total. The number of Topliss-reactive ketones (excluding diaryl/α,β-unsaturated/α-hetero) is 1. The zero-order chi connectivity index (χ0) is 10.6. The van der Waals surface area contributed by atoms with Gasteiger partial charge in [-0.25, -0.2) is 0 Å². The van der Waals surface area contributed by atoms with Crippen molar-refractivity contribution in [3.8, 4) is 0 Å². The quantitative estimate of drug-likeness (QED) is 0.795. The lowest BCUT2D eigenvalue weighted by atomic mass is 9.93. The molecule has 0 fully saturated rings. The summed E-state index contributed by atoms with van der Waals surface area (Å²) in [5, 5.41) is 9.87. The lowest BCUT2D eigenvalue weighted by molar-refractivity contribution is -0.125. The lowest BCUT2D eigenvalue weighted by Gasteiger charge is -2.17. The fourth-order valence-corrected chi connectivity index (χ4v) is 1.44. The third-order valence-electron chi connectivity index (χ3n) is 2.47. The Morgan fingerprint density at radius 3 is 2.43 bits per heavy atom. The van der Waals surface area contributed by atoms with Crippen LogP contribution in [0.25, 0.3) is 0 Å². The SMILES string of the molecule is CCC(=O)[C@H](C)[C@@H](O)c1ccccc1. The van der Waals surface area contributed by atoms with E-state index < -0.39 is 6.10 Å². The maximum atomic E-state index is 11.4. The van der Waals surface area contributed by atoms with Crippen molar-refractivity contribution in [2.45, 2.75) is 26.4 Å². The first kappa shape index (κ1) is 10.9. The summed E-state index contributed by atoms with van der Waals surface area (Å²) in [6.07, 6.45) is -0.200. The van der Waals surface area contributed by atoms with Crippen molar-refractivity contribution in [1.29, 1.82) is 0 Å². The van der Waals surface area contributed by atoms with E-state index in [1.165, 1.54) is 0 Å². The van der Waals surface area contributed by atoms with E-state index >= 15 is 0 Å². The van der Waals surface area contributed by atoms with Crippen LogP contribution in [0.4, 0.5) is 0 Å². The molecule has 0 amide bonds. The van der Waals surface area contributed by atoms with E-state index in [0.717, 1.165) is 5.56 Å². The molecule has 0 bridgehead atoms. The molecular formula is C12H16O2. The number of hydrogen-bond acceptors (Lipinski definition) is 2. The van der Waals surface area contributed by atoms with Crippen LogP contribution in [-0.4, -0.2) is 10.9 Å². The zero-order valence-corrected chi connectivity index (χ0v) is 8.60. The largest absolute Gasteiger partial charge is 0.388 e. The maximum absolute atomic E-state index is 11.4. The molecule has 0 saturated carbocycles. The zero-order valence-electron chi connectivity index (χ0n) is 8.60. The number of rotatable bonds is 4. The number of hydrogen-bond donors (Lipinski definition) is 1. The monoisotopic (exact) mass is 192 g/mol. The molecule has 0 aliphatic carbocycles. The van der Waals surface area contributed by atoms with Gasteiger partial charge in [-0.1, -0.05) is 44.2 Å². The molecule has 0 unspecified atom stereocenters. The summed E-state index contributed by atoms with van der Waals surface area (Å²) in [5.41, 5.74) is 0.807. The third kappa shape index (κ3) is 2.42. The second-order valence-electron chi connectivity index (χ2n) is 3.46. The highest BCUT2D eigenvalue weighted by molar-refractivity contribution is 5.81. The molecule has 2 atom stereocenters. The summed E-state index contributed by atoms with van der Waals surface area (Å²) in [7, 11) is 0. The molecule has 0 aromatic heterocycles. The highest BCUT2D eigenvalue weighted by atomic mass is 16.3. The van der Waals surface area contributed by atoms with E-state index in [4.69, 9.17) is 0 Å². The Hall–Kier alpha value is -1.15. The minimum absolute atomic E-state index is 0.0985. The van der Waals surface area contributed by atoms with Gasteiger partial charge in [-0.2, -0.15) is 0 Å². The number of aliphatic hydroxyl groups is 1. The summed E-state index contributed by atoms with van der Waals surface area (Å²) in [5.74, 6) is -0.219. The van der Waals surface area contributed by atoms with E-state index in [9.17, 15) is 9.90 Å². The average Bonchev–Trinajstić information content (AvgIpc) is 2.27. The minimum atomic E-state index is -0.677. The van der Waals surface area contributed by atoms with Crippen molar-refractivity contribution in [1.82, 2.24) is 0 Å². The second kappa shape index (κ2) is 4.91. The van der Waals surface area contributed by atoms with Crippen LogP contribution in [0.3, 0.4) is 0 Å². The summed E-state index contributed by atoms with van der Waals surface area (Å²) in [4.78, 5) is 11.4. The van der Waals surface area contributed by atoms with Crippen LogP contribution in [0.15, 0.2) is 30.3 Å². The Morgan fingerprint density at radius 1 is 1.36 bits per heavy atom. The van der Waals surface area contributed by atoms with Gasteiger partial charge in [0.1, 0.15) is 5.78 Å². The number of benzene rings is 1. The number of ketones is 1. The van der Waals surface area contributed by atoms with E-state index in [1.54, 1.807) is 6.92 Å². The van der Waals surface area contributed by atoms with Crippen molar-refractivity contribution in [2.24, 2.45) is 5.92 Å². The second-order valence-corrected chi connectivity index (χ2v) is 3.46. The van der Waals surface area contributed by atoms with Gasteiger partial charge in [-0.05, 0) is 5.56 Å². The van der Waals surface area contributed by atoms with Crippen LogP contribution >= 0.6 is 0 Å². The Balaban J connectivity index is 2.75. The van der Waals surface area contributed by atoms with Crippen molar-refractivity contribution in [3.63, 3.8) is 0 Å². The molecule has 14 heavy (non-hydrogen) atoms. The first-order valence-electron chi connectivity index (χ1n) is 4.92. The predicted molar refractivity (Wildman–Crippen MR) is 55.9 cm³/mol. The molecule has 76 valence electrons. The predicted octanol–water partition coefficient (Wildman–Crippen LogP) is 2.34. The molecule has 1 aromatic carbocycles. The smallest absolute Gasteiger partial charge is 0.138 e. The van der Waals surface area contributed by atoms with Gasteiger partial charge in [0.05, 0.1) is 6.10 Å². The Kier molecular flexibility index (Phi) is 3.84. The molecule has 0 heterocycles. The molecule has 1 N–H and O–H groups in total. The van der Waals surface area contributed by atoms with Crippen LogP contribution in [0.1, 0.15) is 31.9 Å². The third-order valence-corrected chi connectivity index (χ3v) is 2.47. The van der Waals surface area contributed by atoms with Crippen molar-refractivity contribution in [2.75, 3.05) is 0 Å². The normalized spacial score (nSPS) is 14.8. The van der Waals surface area contributed by atoms with Crippen LogP contribution in [0, 0.1) is 5.92 Å². The molecule has 0 saturated heterocycles. The molecule has 0 aliphatic rings. The fourth-order valence-electron chi connectivity index (χ4n) is 1.44. The number of carbonyl (C=O) groups is 1. The highest BCUT2D eigenvalue weighted by Crippen LogP contribution is 2.22. The van der Waals surface area contributed by atoms with Gasteiger partial charge in [-0.15, -0.1) is 0 Å². The fraction of sp³-hybridized carbons (Fsp3) is 0.417. The van der Waals surface area contributed by atoms with Crippen LogP contribution in [0.2, 0.25) is 0 Å². The van der Waals surface area contributed by atoms with Gasteiger partial charge in [0.25, 0.3) is 0 Å². The van der Waals surface area contributed by atoms with Gasteiger partial charge in [0, 0.05) is 12.3 Å². The minimum Gasteiger partial charge on any atom is -0.388 e. The summed E-state index contributed by atoms with van der Waals surface area (Å²) in [6, 6.07) is 9.29. The summed E-state index contributed by atoms with van der Waals surface area (Å²) in [6.45, 7) is 3.58. The molecule has 2 heteroatoms. The van der Waals surface area contributed by atoms with Crippen molar-refractivity contribution < 1.29 is 9.90 Å². The Labute approximate surface area is 84.6 Å². The van der Waals surface area contributed by atoms with Crippen LogP contribution < -0.4 is 0 Å². The van der Waals surface area contributed by atoms with E-state index in [2.05, 4.69) is 0 Å². The van der Waals surface area contributed by atoms with Crippen molar-refractivity contribution >= 4 is 5.78 Å². The molecule has 0 radical (unpaired) electrons. The van der Waals surface area contributed by atoms with Crippen LogP contribution in [0.5, 0.6) is 0 Å². The average molecular weight is 192 g/mol. The molecular weight excluding hydrogens is 176 g/mol. The van der Waals surface area contributed by atoms with E-state index in [1.807, 2.05) is 37.3 Å². The summed E-state index contributed by atoms with van der Waals surface area (Å²) >= 11 is 0. The van der Waals surface area contributed by atoms with Gasteiger partial charge in [-0.3, -0.25) is 4.79 Å². The van der Waals surface area contributed by atoms with Gasteiger partial charge in [0.15, 0.2) is 0 Å². The van der Waals surface area contributed by atoms with Crippen LogP contribution in [-0.2, 0) is 4.79 Å². The lowest BCUT2D eigenvalue weighted by Crippen LogP contribution is -2.18. The van der Waals surface area contributed by atoms with E-state index in [0.29, 0.717) is 6.42 Å².